The lowest BCUT2D eigenvalue weighted by atomic mass is 10.0. The molecule has 0 spiro atoms. The Balaban J connectivity index is 1.75. The van der Waals surface area contributed by atoms with Crippen LogP contribution in [-0.2, 0) is 16.0 Å². The number of thiophene rings is 1. The molecule has 162 valence electrons. The van der Waals surface area contributed by atoms with E-state index in [1.165, 1.54) is 17.9 Å². The second kappa shape index (κ2) is 10.1. The number of fused-ring (bicyclic) bond motifs is 1. The summed E-state index contributed by atoms with van der Waals surface area (Å²) in [5, 5.41) is 2.01. The largest absolute Gasteiger partial charge is 0.488 e. The zero-order valence-electron chi connectivity index (χ0n) is 17.8. The third-order valence-corrected chi connectivity index (χ3v) is 6.39. The number of halogens is 1. The number of amides is 2. The number of ether oxygens (including phenoxy) is 1. The minimum absolute atomic E-state index is 0.0533. The van der Waals surface area contributed by atoms with E-state index in [1.54, 1.807) is 39.3 Å². The van der Waals surface area contributed by atoms with E-state index in [-0.39, 0.29) is 36.8 Å². The van der Waals surface area contributed by atoms with Gasteiger partial charge in [-0.3, -0.25) is 9.59 Å². The second-order valence-electron chi connectivity index (χ2n) is 8.02. The van der Waals surface area contributed by atoms with Crippen molar-refractivity contribution >= 4 is 23.2 Å². The van der Waals surface area contributed by atoms with Crippen LogP contribution in [0.25, 0.3) is 0 Å². The predicted molar refractivity (Wildman–Crippen MR) is 116 cm³/mol. The van der Waals surface area contributed by atoms with Crippen molar-refractivity contribution in [2.24, 2.45) is 5.92 Å². The molecule has 0 radical (unpaired) electrons. The third-order valence-electron chi connectivity index (χ3n) is 5.40. The van der Waals surface area contributed by atoms with Gasteiger partial charge in [0.2, 0.25) is 11.8 Å². The summed E-state index contributed by atoms with van der Waals surface area (Å²) in [4.78, 5) is 29.9. The number of hydrogen-bond donors (Lipinski definition) is 0. The monoisotopic (exact) mass is 432 g/mol. The molecule has 1 unspecified atom stereocenters. The fourth-order valence-electron chi connectivity index (χ4n) is 3.62. The summed E-state index contributed by atoms with van der Waals surface area (Å²) in [7, 11) is 0. The molecular formula is C23H29FN2O3S. The molecule has 0 fully saturated rings. The van der Waals surface area contributed by atoms with Gasteiger partial charge in [-0.1, -0.05) is 26.0 Å². The molecule has 7 heteroatoms. The fraction of sp³-hybridized carbons (Fsp3) is 0.478. The summed E-state index contributed by atoms with van der Waals surface area (Å²) in [6, 6.07) is 7.99. The first-order chi connectivity index (χ1) is 14.4. The van der Waals surface area contributed by atoms with Crippen LogP contribution in [-0.4, -0.2) is 47.9 Å². The minimum Gasteiger partial charge on any atom is -0.488 e. The smallest absolute Gasteiger partial charge is 0.242 e. The van der Waals surface area contributed by atoms with Crippen LogP contribution >= 0.6 is 11.3 Å². The van der Waals surface area contributed by atoms with E-state index in [4.69, 9.17) is 4.74 Å². The maximum Gasteiger partial charge on any atom is 0.242 e. The first-order valence-electron chi connectivity index (χ1n) is 10.4. The number of carbonyl (C=O) groups excluding carboxylic acids is 2. The molecule has 0 aliphatic carbocycles. The van der Waals surface area contributed by atoms with E-state index in [9.17, 15) is 14.0 Å². The molecule has 1 aliphatic heterocycles. The second-order valence-corrected chi connectivity index (χ2v) is 9.02. The van der Waals surface area contributed by atoms with Gasteiger partial charge in [0.25, 0.3) is 0 Å². The molecule has 3 rings (SSSR count). The summed E-state index contributed by atoms with van der Waals surface area (Å²) in [5.41, 5.74) is 1.05. The van der Waals surface area contributed by atoms with Gasteiger partial charge in [0.05, 0.1) is 12.6 Å². The maximum atomic E-state index is 14.0. The van der Waals surface area contributed by atoms with Crippen LogP contribution in [0.5, 0.6) is 5.75 Å². The number of benzene rings is 1. The Labute approximate surface area is 181 Å². The molecular weight excluding hydrogens is 403 g/mol. The van der Waals surface area contributed by atoms with Gasteiger partial charge in [0.1, 0.15) is 6.61 Å². The summed E-state index contributed by atoms with van der Waals surface area (Å²) in [5.74, 6) is -0.000681. The Morgan fingerprint density at radius 2 is 2.07 bits per heavy atom. The van der Waals surface area contributed by atoms with Gasteiger partial charge >= 0.3 is 0 Å². The molecule has 30 heavy (non-hydrogen) atoms. The Morgan fingerprint density at radius 3 is 2.77 bits per heavy atom. The summed E-state index contributed by atoms with van der Waals surface area (Å²) in [6.45, 7) is 7.04. The normalized spacial score (nSPS) is 15.8. The summed E-state index contributed by atoms with van der Waals surface area (Å²) < 4.78 is 19.8. The number of para-hydroxylation sites is 1. The number of hydrogen-bond acceptors (Lipinski definition) is 4. The molecule has 0 saturated heterocycles. The standard InChI is InChI=1S/C23H29FN2O3S/c1-16(2)8-11-25(17(3)27)14-23(28)26-12-9-22-18(10-13-30-22)20(26)15-29-21-7-5-4-6-19(21)24/h4-7,10,13,16,20H,8-9,11-12,14-15H2,1-3H3. The first kappa shape index (κ1) is 22.3. The molecule has 1 aliphatic rings. The quantitative estimate of drug-likeness (QED) is 0.625. The van der Waals surface area contributed by atoms with E-state index in [2.05, 4.69) is 13.8 Å². The topological polar surface area (TPSA) is 49.9 Å². The van der Waals surface area contributed by atoms with Gasteiger partial charge in [-0.05, 0) is 47.9 Å². The molecule has 2 amide bonds. The maximum absolute atomic E-state index is 14.0. The highest BCUT2D eigenvalue weighted by Gasteiger charge is 2.33. The van der Waals surface area contributed by atoms with Crippen molar-refractivity contribution < 1.29 is 18.7 Å². The van der Waals surface area contributed by atoms with Crippen molar-refractivity contribution in [2.45, 2.75) is 39.7 Å². The van der Waals surface area contributed by atoms with E-state index in [0.29, 0.717) is 19.0 Å². The van der Waals surface area contributed by atoms with Crippen LogP contribution < -0.4 is 4.74 Å². The van der Waals surface area contributed by atoms with Gasteiger partial charge in [-0.2, -0.15) is 0 Å². The van der Waals surface area contributed by atoms with Crippen molar-refractivity contribution in [1.29, 1.82) is 0 Å². The van der Waals surface area contributed by atoms with E-state index in [0.717, 1.165) is 18.4 Å². The van der Waals surface area contributed by atoms with Crippen molar-refractivity contribution in [2.75, 3.05) is 26.2 Å². The zero-order valence-corrected chi connectivity index (χ0v) is 18.6. The number of rotatable bonds is 8. The van der Waals surface area contributed by atoms with Gasteiger partial charge in [0, 0.05) is 24.9 Å². The molecule has 1 atom stereocenters. The third kappa shape index (κ3) is 5.39. The van der Waals surface area contributed by atoms with Crippen LogP contribution in [0.15, 0.2) is 35.7 Å². The van der Waals surface area contributed by atoms with E-state index < -0.39 is 5.82 Å². The SMILES string of the molecule is CC(=O)N(CCC(C)C)CC(=O)N1CCc2sccc2C1COc1ccccc1F. The molecule has 5 nitrogen and oxygen atoms in total. The molecule has 2 heterocycles. The number of carbonyl (C=O) groups is 2. The van der Waals surface area contributed by atoms with Crippen molar-refractivity contribution in [1.82, 2.24) is 9.80 Å². The number of nitrogens with zero attached hydrogens (tertiary/aromatic N) is 2. The van der Waals surface area contributed by atoms with Crippen LogP contribution in [0.1, 0.15) is 43.7 Å². The van der Waals surface area contributed by atoms with Crippen molar-refractivity contribution in [3.8, 4) is 5.75 Å². The average Bonchev–Trinajstić information content (AvgIpc) is 3.18. The highest BCUT2D eigenvalue weighted by atomic mass is 32.1. The average molecular weight is 433 g/mol. The Bertz CT molecular complexity index is 883. The minimum atomic E-state index is -0.423. The highest BCUT2D eigenvalue weighted by Crippen LogP contribution is 2.34. The lowest BCUT2D eigenvalue weighted by Gasteiger charge is -2.37. The Morgan fingerprint density at radius 1 is 1.30 bits per heavy atom. The molecule has 0 N–H and O–H groups in total. The van der Waals surface area contributed by atoms with E-state index >= 15 is 0 Å². The van der Waals surface area contributed by atoms with Crippen LogP contribution in [0.4, 0.5) is 4.39 Å². The van der Waals surface area contributed by atoms with Crippen LogP contribution in [0.3, 0.4) is 0 Å². The molecule has 2 aromatic rings. The van der Waals surface area contributed by atoms with Gasteiger partial charge in [-0.25, -0.2) is 4.39 Å². The van der Waals surface area contributed by atoms with Crippen LogP contribution in [0, 0.1) is 11.7 Å². The van der Waals surface area contributed by atoms with Gasteiger partial charge in [0.15, 0.2) is 11.6 Å². The van der Waals surface area contributed by atoms with Crippen molar-refractivity contribution in [3.05, 3.63) is 52.0 Å². The molecule has 0 saturated carbocycles. The molecule has 0 bridgehead atoms. The predicted octanol–water partition coefficient (Wildman–Crippen LogP) is 4.29. The van der Waals surface area contributed by atoms with Gasteiger partial charge in [-0.15, -0.1) is 11.3 Å². The van der Waals surface area contributed by atoms with Crippen molar-refractivity contribution in [3.63, 3.8) is 0 Å². The van der Waals surface area contributed by atoms with E-state index in [1.807, 2.05) is 11.4 Å². The lowest BCUT2D eigenvalue weighted by Crippen LogP contribution is -2.47. The fourth-order valence-corrected chi connectivity index (χ4v) is 4.55. The Kier molecular flexibility index (Phi) is 7.48. The summed E-state index contributed by atoms with van der Waals surface area (Å²) in [6.07, 6.45) is 1.63. The highest BCUT2D eigenvalue weighted by molar-refractivity contribution is 7.10. The molecule has 1 aromatic heterocycles. The Hall–Kier alpha value is -2.41. The van der Waals surface area contributed by atoms with Gasteiger partial charge < -0.3 is 14.5 Å². The lowest BCUT2D eigenvalue weighted by molar-refractivity contribution is -0.142. The van der Waals surface area contributed by atoms with Crippen LogP contribution in [0.2, 0.25) is 0 Å². The zero-order chi connectivity index (χ0) is 21.7. The molecule has 1 aromatic carbocycles. The first-order valence-corrected chi connectivity index (χ1v) is 11.2. The summed E-state index contributed by atoms with van der Waals surface area (Å²) >= 11 is 1.67.